The molecule has 49 heavy (non-hydrogen) atoms. The van der Waals surface area contributed by atoms with Gasteiger partial charge in [-0.25, -0.2) is 4.79 Å². The fourth-order valence-corrected chi connectivity index (χ4v) is 6.32. The first-order valence-corrected chi connectivity index (χ1v) is 17.8. The van der Waals surface area contributed by atoms with Crippen molar-refractivity contribution in [2.24, 2.45) is 10.8 Å². The molecule has 0 aromatic heterocycles. The predicted octanol–water partition coefficient (Wildman–Crippen LogP) is 10.9. The molecule has 0 aromatic rings. The van der Waals surface area contributed by atoms with Crippen LogP contribution in [0.3, 0.4) is 0 Å². The molecule has 0 fully saturated rings. The number of aliphatic hydroxyl groups is 1. The lowest BCUT2D eigenvalue weighted by molar-refractivity contribution is -0.158. The van der Waals surface area contributed by atoms with Crippen molar-refractivity contribution in [3.8, 4) is 0 Å². The summed E-state index contributed by atoms with van der Waals surface area (Å²) in [5.74, 6) is -1.52. The molecule has 5 nitrogen and oxygen atoms in total. The molecule has 0 spiro atoms. The van der Waals surface area contributed by atoms with Crippen LogP contribution in [0.1, 0.15) is 114 Å². The number of carbonyl (C=O) groups excluding carboxylic acids is 2. The number of rotatable bonds is 15. The highest BCUT2D eigenvalue weighted by Gasteiger charge is 2.27. The van der Waals surface area contributed by atoms with Gasteiger partial charge in [-0.05, 0) is 114 Å². The Morgan fingerprint density at radius 1 is 0.694 bits per heavy atom. The maximum atomic E-state index is 12.2. The standard InChI is InChI=1S/C44H62O5/c1-32(21-23-38-36(5)19-13-27-43(38,7)8)15-11-17-34(3)25-29-48-41(46)31-40(45)42(47)49-30-26-35(4)18-12-16-33(2)22-24-39-37(6)20-14-28-44(39,9)10/h11-12,15-18,21-26,40,45H,13-14,19-20,27-31H2,1-10H3/b17-11-,18-12-,23-21+,24-22+,32-15+,33-16+,34-25+,35-26+. The fraction of sp³-hybridized carbons (Fsp3) is 0.500. The van der Waals surface area contributed by atoms with Gasteiger partial charge in [0.25, 0.3) is 0 Å². The van der Waals surface area contributed by atoms with Crippen LogP contribution < -0.4 is 0 Å². The number of aliphatic hydroxyl groups excluding tert-OH is 1. The second-order valence-electron chi connectivity index (χ2n) is 15.0. The van der Waals surface area contributed by atoms with Gasteiger partial charge in [-0.2, -0.15) is 0 Å². The SMILES string of the molecule is CC1=C(/C=C/C(C)=C/C=C\C(C)=C\COC(=O)CC(O)C(=O)OC/C=C(C)/C=C\C=C(C)\C=C\C2=C(C)CCCC2(C)C)C(C)(C)CCC1. The van der Waals surface area contributed by atoms with Crippen LogP contribution in [0, 0.1) is 10.8 Å². The molecule has 2 aliphatic carbocycles. The first-order chi connectivity index (χ1) is 23.0. The molecule has 0 aliphatic heterocycles. The van der Waals surface area contributed by atoms with Gasteiger partial charge in [0, 0.05) is 0 Å². The molecular formula is C44H62O5. The first kappa shape index (κ1) is 41.5. The molecule has 2 rings (SSSR count). The van der Waals surface area contributed by atoms with Crippen molar-refractivity contribution in [2.45, 2.75) is 120 Å². The lowest BCUT2D eigenvalue weighted by Gasteiger charge is -2.33. The number of ether oxygens (including phenoxy) is 2. The number of esters is 2. The number of hydrogen-bond acceptors (Lipinski definition) is 5. The van der Waals surface area contributed by atoms with Crippen LogP contribution in [0.4, 0.5) is 0 Å². The average Bonchev–Trinajstić information content (AvgIpc) is 2.99. The Labute approximate surface area is 297 Å². The van der Waals surface area contributed by atoms with E-state index < -0.39 is 24.5 Å². The highest BCUT2D eigenvalue weighted by Crippen LogP contribution is 2.41. The molecule has 0 heterocycles. The summed E-state index contributed by atoms with van der Waals surface area (Å²) >= 11 is 0. The van der Waals surface area contributed by atoms with Gasteiger partial charge in [-0.1, -0.05) is 122 Å². The Hall–Kier alpha value is -3.70. The summed E-state index contributed by atoms with van der Waals surface area (Å²) in [5, 5.41) is 10.1. The molecule has 0 bridgehead atoms. The van der Waals surface area contributed by atoms with Gasteiger partial charge in [0.15, 0.2) is 6.10 Å². The quantitative estimate of drug-likeness (QED) is 0.139. The van der Waals surface area contributed by atoms with Crippen molar-refractivity contribution in [1.82, 2.24) is 0 Å². The van der Waals surface area contributed by atoms with Gasteiger partial charge in [0.1, 0.15) is 13.2 Å². The highest BCUT2D eigenvalue weighted by molar-refractivity contribution is 5.81. The van der Waals surface area contributed by atoms with E-state index >= 15 is 0 Å². The molecule has 2 aliphatic rings. The Kier molecular flexibility index (Phi) is 17.0. The van der Waals surface area contributed by atoms with E-state index in [0.717, 1.165) is 22.3 Å². The summed E-state index contributed by atoms with van der Waals surface area (Å²) in [6.45, 7) is 21.8. The lowest BCUT2D eigenvalue weighted by atomic mass is 9.72. The topological polar surface area (TPSA) is 72.8 Å². The fourth-order valence-electron chi connectivity index (χ4n) is 6.32. The molecule has 1 unspecified atom stereocenters. The van der Waals surface area contributed by atoms with E-state index in [9.17, 15) is 14.7 Å². The minimum atomic E-state index is -1.58. The maximum Gasteiger partial charge on any atom is 0.335 e. The van der Waals surface area contributed by atoms with Gasteiger partial charge in [-0.15, -0.1) is 0 Å². The monoisotopic (exact) mass is 670 g/mol. The summed E-state index contributed by atoms with van der Waals surface area (Å²) < 4.78 is 10.3. The Morgan fingerprint density at radius 3 is 1.55 bits per heavy atom. The van der Waals surface area contributed by atoms with E-state index in [2.05, 4.69) is 85.8 Å². The second kappa shape index (κ2) is 20.1. The van der Waals surface area contributed by atoms with Gasteiger partial charge < -0.3 is 14.6 Å². The predicted molar refractivity (Wildman–Crippen MR) is 205 cm³/mol. The van der Waals surface area contributed by atoms with Crippen LogP contribution in [0.15, 0.2) is 117 Å². The molecule has 0 radical (unpaired) electrons. The molecule has 268 valence electrons. The Bertz CT molecular complexity index is 1480. The molecule has 5 heteroatoms. The second-order valence-corrected chi connectivity index (χ2v) is 15.0. The summed E-state index contributed by atoms with van der Waals surface area (Å²) in [4.78, 5) is 24.4. The van der Waals surface area contributed by atoms with Crippen molar-refractivity contribution in [2.75, 3.05) is 13.2 Å². The van der Waals surface area contributed by atoms with E-state index in [1.165, 1.54) is 60.8 Å². The Balaban J connectivity index is 1.73. The normalized spacial score (nSPS) is 20.3. The molecule has 0 amide bonds. The van der Waals surface area contributed by atoms with Crippen molar-refractivity contribution < 1.29 is 24.2 Å². The molecule has 1 N–H and O–H groups in total. The molecule has 0 aromatic carbocycles. The van der Waals surface area contributed by atoms with Crippen LogP contribution in [-0.2, 0) is 19.1 Å². The van der Waals surface area contributed by atoms with E-state index in [1.54, 1.807) is 12.2 Å². The molecule has 1 atom stereocenters. The third-order valence-corrected chi connectivity index (χ3v) is 9.46. The minimum absolute atomic E-state index is 0.000301. The first-order valence-electron chi connectivity index (χ1n) is 17.8. The highest BCUT2D eigenvalue weighted by atomic mass is 16.6. The Morgan fingerprint density at radius 2 is 1.12 bits per heavy atom. The summed E-state index contributed by atoms with van der Waals surface area (Å²) in [6, 6.07) is 0. The van der Waals surface area contributed by atoms with Crippen LogP contribution in [-0.4, -0.2) is 36.4 Å². The molecular weight excluding hydrogens is 608 g/mol. The van der Waals surface area contributed by atoms with Gasteiger partial charge in [0.05, 0.1) is 6.42 Å². The molecule has 0 saturated heterocycles. The van der Waals surface area contributed by atoms with Crippen molar-refractivity contribution >= 4 is 11.9 Å². The van der Waals surface area contributed by atoms with E-state index in [0.29, 0.717) is 0 Å². The van der Waals surface area contributed by atoms with E-state index in [-0.39, 0.29) is 24.0 Å². The van der Waals surface area contributed by atoms with Gasteiger partial charge in [-0.3, -0.25) is 4.79 Å². The summed E-state index contributed by atoms with van der Waals surface area (Å²) in [7, 11) is 0. The van der Waals surface area contributed by atoms with Crippen LogP contribution in [0.2, 0.25) is 0 Å². The maximum absolute atomic E-state index is 12.2. The number of hydrogen-bond donors (Lipinski definition) is 1. The lowest BCUT2D eigenvalue weighted by Crippen LogP contribution is -2.27. The van der Waals surface area contributed by atoms with Crippen molar-refractivity contribution in [1.29, 1.82) is 0 Å². The zero-order valence-corrected chi connectivity index (χ0v) is 31.9. The number of allylic oxidation sites excluding steroid dienone is 18. The smallest absolute Gasteiger partial charge is 0.335 e. The average molecular weight is 671 g/mol. The zero-order chi connectivity index (χ0) is 36.6. The van der Waals surface area contributed by atoms with Crippen LogP contribution in [0.25, 0.3) is 0 Å². The third kappa shape index (κ3) is 15.2. The van der Waals surface area contributed by atoms with Gasteiger partial charge >= 0.3 is 11.9 Å². The van der Waals surface area contributed by atoms with Gasteiger partial charge in [0.2, 0.25) is 0 Å². The van der Waals surface area contributed by atoms with Crippen LogP contribution in [0.5, 0.6) is 0 Å². The summed E-state index contributed by atoms with van der Waals surface area (Å²) in [6.07, 6.45) is 29.5. The van der Waals surface area contributed by atoms with E-state index in [1.807, 2.05) is 44.2 Å². The largest absolute Gasteiger partial charge is 0.461 e. The summed E-state index contributed by atoms with van der Waals surface area (Å²) in [5.41, 5.74) is 10.4. The minimum Gasteiger partial charge on any atom is -0.461 e. The van der Waals surface area contributed by atoms with E-state index in [4.69, 9.17) is 9.47 Å². The number of carbonyl (C=O) groups is 2. The van der Waals surface area contributed by atoms with Crippen LogP contribution >= 0.6 is 0 Å². The third-order valence-electron chi connectivity index (χ3n) is 9.46. The van der Waals surface area contributed by atoms with Crippen molar-refractivity contribution in [3.63, 3.8) is 0 Å². The molecule has 0 saturated carbocycles. The van der Waals surface area contributed by atoms with Crippen molar-refractivity contribution in [3.05, 3.63) is 117 Å². The zero-order valence-electron chi connectivity index (χ0n) is 31.9.